The van der Waals surface area contributed by atoms with Gasteiger partial charge in [0.2, 0.25) is 0 Å². The van der Waals surface area contributed by atoms with Gasteiger partial charge in [-0.3, -0.25) is 0 Å². The van der Waals surface area contributed by atoms with E-state index < -0.39 is 7.82 Å². The van der Waals surface area contributed by atoms with E-state index in [9.17, 15) is 5.11 Å². The molecule has 0 fully saturated rings. The molecule has 0 radical (unpaired) electrons. The molecule has 0 unspecified atom stereocenters. The van der Waals surface area contributed by atoms with Gasteiger partial charge in [0, 0.05) is 5.56 Å². The lowest BCUT2D eigenvalue weighted by atomic mass is 10.1. The van der Waals surface area contributed by atoms with E-state index in [0.717, 1.165) is 11.1 Å². The number of para-hydroxylation sites is 2. The summed E-state index contributed by atoms with van der Waals surface area (Å²) in [6, 6.07) is 25.9. The van der Waals surface area contributed by atoms with Gasteiger partial charge >= 0.3 is 7.82 Å². The van der Waals surface area contributed by atoms with Crippen LogP contribution in [-0.4, -0.2) is 24.9 Å². The number of rotatable bonds is 1. The Morgan fingerprint density at radius 3 is 1.40 bits per heavy atom. The molecule has 0 bridgehead atoms. The van der Waals surface area contributed by atoms with Gasteiger partial charge < -0.3 is 24.9 Å². The molecule has 3 aromatic carbocycles. The van der Waals surface area contributed by atoms with E-state index in [1.54, 1.807) is 30.3 Å². The zero-order valence-electron chi connectivity index (χ0n) is 13.2. The minimum atomic E-state index is -4.64. The van der Waals surface area contributed by atoms with E-state index in [0.29, 0.717) is 11.5 Å². The maximum Gasteiger partial charge on any atom is 0.466 e. The van der Waals surface area contributed by atoms with Gasteiger partial charge in [0.15, 0.2) is 0 Å². The summed E-state index contributed by atoms with van der Waals surface area (Å²) in [4.78, 5) is 21.6. The van der Waals surface area contributed by atoms with E-state index in [4.69, 9.17) is 24.4 Å². The number of benzene rings is 3. The smallest absolute Gasteiger partial charge is 0.466 e. The quantitative estimate of drug-likeness (QED) is 0.423. The normalized spacial score (nSPS) is 9.88. The molecule has 3 rings (SSSR count). The van der Waals surface area contributed by atoms with Crippen LogP contribution in [0.25, 0.3) is 11.1 Å². The molecule has 0 aliphatic heterocycles. The lowest BCUT2D eigenvalue weighted by molar-refractivity contribution is 0.275. The number of aromatic hydroxyl groups is 2. The van der Waals surface area contributed by atoms with Crippen molar-refractivity contribution in [2.45, 2.75) is 0 Å². The molecule has 3 aromatic rings. The van der Waals surface area contributed by atoms with Crippen molar-refractivity contribution < 1.29 is 29.5 Å². The molecule has 0 aliphatic rings. The monoisotopic (exact) mass is 362 g/mol. The zero-order valence-corrected chi connectivity index (χ0v) is 14.1. The molecule has 0 saturated heterocycles. The highest BCUT2D eigenvalue weighted by Crippen LogP contribution is 2.27. The highest BCUT2D eigenvalue weighted by atomic mass is 31.2. The molecule has 6 nitrogen and oxygen atoms in total. The average molecular weight is 362 g/mol. The summed E-state index contributed by atoms with van der Waals surface area (Å²) < 4.78 is 8.88. The summed E-state index contributed by atoms with van der Waals surface area (Å²) >= 11 is 0. The van der Waals surface area contributed by atoms with Crippen molar-refractivity contribution in [1.29, 1.82) is 0 Å². The van der Waals surface area contributed by atoms with Crippen LogP contribution in [0.4, 0.5) is 0 Å². The fourth-order valence-electron chi connectivity index (χ4n) is 1.76. The fraction of sp³-hybridized carbons (Fsp3) is 0. The summed E-state index contributed by atoms with van der Waals surface area (Å²) in [6.07, 6.45) is 0. The van der Waals surface area contributed by atoms with E-state index in [2.05, 4.69) is 0 Å². The first kappa shape index (κ1) is 20.4. The minimum absolute atomic E-state index is 0.322. The van der Waals surface area contributed by atoms with Crippen molar-refractivity contribution in [2.75, 3.05) is 0 Å². The Kier molecular flexibility index (Phi) is 8.39. The molecule has 132 valence electrons. The maximum absolute atomic E-state index is 9.56. The average Bonchev–Trinajstić information content (AvgIpc) is 2.56. The van der Waals surface area contributed by atoms with E-state index in [-0.39, 0.29) is 0 Å². The molecular weight excluding hydrogens is 343 g/mol. The summed E-state index contributed by atoms with van der Waals surface area (Å²) in [7, 11) is -4.64. The van der Waals surface area contributed by atoms with Gasteiger partial charge in [-0.1, -0.05) is 66.7 Å². The number of hydrogen-bond donors (Lipinski definition) is 5. The number of phenolic OH excluding ortho intramolecular Hbond substituents is 2. The lowest BCUT2D eigenvalue weighted by Crippen LogP contribution is -1.76. The van der Waals surface area contributed by atoms with Gasteiger partial charge in [0.05, 0.1) is 0 Å². The Hall–Kier alpha value is -2.63. The molecule has 25 heavy (non-hydrogen) atoms. The molecule has 0 spiro atoms. The van der Waals surface area contributed by atoms with Gasteiger partial charge in [-0.15, -0.1) is 0 Å². The molecule has 0 amide bonds. The predicted molar refractivity (Wildman–Crippen MR) is 95.9 cm³/mol. The van der Waals surface area contributed by atoms with E-state index in [1.807, 2.05) is 54.6 Å². The fourth-order valence-corrected chi connectivity index (χ4v) is 1.76. The van der Waals surface area contributed by atoms with Crippen LogP contribution in [0.5, 0.6) is 11.5 Å². The topological polar surface area (TPSA) is 118 Å². The standard InChI is InChI=1S/C12H10O.C6H6O.H3O4P/c13-12-9-5-4-8-11(12)10-6-2-1-3-7-10;7-6-4-2-1-3-5-6;1-5(2,3)4/h1-9,13H;1-5,7H;(H3,1,2,3,4). The molecule has 0 saturated carbocycles. The summed E-state index contributed by atoms with van der Waals surface area (Å²) in [5.74, 6) is 0.649. The van der Waals surface area contributed by atoms with Crippen molar-refractivity contribution in [3.05, 3.63) is 84.9 Å². The largest absolute Gasteiger partial charge is 0.508 e. The maximum atomic E-state index is 9.56. The minimum Gasteiger partial charge on any atom is -0.508 e. The van der Waals surface area contributed by atoms with Crippen LogP contribution in [-0.2, 0) is 4.57 Å². The summed E-state index contributed by atoms with van der Waals surface area (Å²) in [6.45, 7) is 0. The van der Waals surface area contributed by atoms with E-state index in [1.165, 1.54) is 0 Å². The van der Waals surface area contributed by atoms with Crippen LogP contribution < -0.4 is 0 Å². The predicted octanol–water partition coefficient (Wildman–Crippen LogP) is 3.52. The van der Waals surface area contributed by atoms with Crippen LogP contribution in [0.2, 0.25) is 0 Å². The van der Waals surface area contributed by atoms with Crippen molar-refractivity contribution >= 4 is 7.82 Å². The van der Waals surface area contributed by atoms with Gasteiger partial charge in [-0.2, -0.15) is 0 Å². The van der Waals surface area contributed by atoms with Crippen LogP contribution in [0.3, 0.4) is 0 Å². The lowest BCUT2D eigenvalue weighted by Gasteiger charge is -2.02. The van der Waals surface area contributed by atoms with Crippen molar-refractivity contribution in [3.63, 3.8) is 0 Å². The first-order chi connectivity index (χ1) is 11.8. The first-order valence-electron chi connectivity index (χ1n) is 7.13. The van der Waals surface area contributed by atoms with Crippen molar-refractivity contribution in [1.82, 2.24) is 0 Å². The molecule has 0 aromatic heterocycles. The van der Waals surface area contributed by atoms with Crippen LogP contribution in [0, 0.1) is 0 Å². The highest BCUT2D eigenvalue weighted by molar-refractivity contribution is 7.45. The van der Waals surface area contributed by atoms with E-state index >= 15 is 0 Å². The van der Waals surface area contributed by atoms with Gasteiger partial charge in [-0.05, 0) is 23.8 Å². The molecule has 0 atom stereocenters. The third-order valence-corrected chi connectivity index (χ3v) is 2.75. The Bertz CT molecular complexity index is 779. The first-order valence-corrected chi connectivity index (χ1v) is 8.69. The number of hydrogen-bond acceptors (Lipinski definition) is 3. The van der Waals surface area contributed by atoms with Gasteiger partial charge in [0.1, 0.15) is 11.5 Å². The second kappa shape index (κ2) is 10.3. The third-order valence-electron chi connectivity index (χ3n) is 2.75. The second-order valence-corrected chi connectivity index (χ2v) is 5.76. The van der Waals surface area contributed by atoms with Crippen LogP contribution in [0.15, 0.2) is 84.9 Å². The summed E-state index contributed by atoms with van der Waals surface area (Å²) in [5.41, 5.74) is 1.92. The molecule has 0 heterocycles. The zero-order chi connectivity index (χ0) is 18.7. The SMILES string of the molecule is O=P(O)(O)O.Oc1ccccc1.Oc1ccccc1-c1ccccc1. The van der Waals surface area contributed by atoms with Gasteiger partial charge in [-0.25, -0.2) is 4.57 Å². The third kappa shape index (κ3) is 9.96. The van der Waals surface area contributed by atoms with Crippen LogP contribution >= 0.6 is 7.82 Å². The van der Waals surface area contributed by atoms with Crippen molar-refractivity contribution in [3.8, 4) is 22.6 Å². The highest BCUT2D eigenvalue weighted by Gasteiger charge is 2.00. The van der Waals surface area contributed by atoms with Crippen molar-refractivity contribution in [2.24, 2.45) is 0 Å². The summed E-state index contributed by atoms with van der Waals surface area (Å²) in [5, 5.41) is 18.2. The molecule has 0 aliphatic carbocycles. The molecular formula is C18H19O6P. The van der Waals surface area contributed by atoms with Gasteiger partial charge in [0.25, 0.3) is 0 Å². The molecule has 7 heteroatoms. The Morgan fingerprint density at radius 1 is 0.600 bits per heavy atom. The Morgan fingerprint density at radius 2 is 1.00 bits per heavy atom. The number of phosphoric acid groups is 1. The second-order valence-electron chi connectivity index (χ2n) is 4.73. The number of phenols is 2. The molecule has 5 N–H and O–H groups in total. The Balaban J connectivity index is 0.000000219. The Labute approximate surface area is 145 Å². The van der Waals surface area contributed by atoms with Crippen LogP contribution in [0.1, 0.15) is 0 Å².